The minimum atomic E-state index is -4.45. The van der Waals surface area contributed by atoms with E-state index in [4.69, 9.17) is 0 Å². The van der Waals surface area contributed by atoms with Gasteiger partial charge in [-0.25, -0.2) is 0 Å². The summed E-state index contributed by atoms with van der Waals surface area (Å²) >= 11 is 0. The van der Waals surface area contributed by atoms with Gasteiger partial charge in [0.1, 0.15) is 5.69 Å². The molecule has 0 radical (unpaired) electrons. The average Bonchev–Trinajstić information content (AvgIpc) is 2.15. The highest BCUT2D eigenvalue weighted by Gasteiger charge is 2.32. The summed E-state index contributed by atoms with van der Waals surface area (Å²) in [6, 6.07) is 2.25. The Morgan fingerprint density at radius 1 is 1.50 bits per heavy atom. The Bertz CT molecular complexity index is 311. The molecule has 5 heteroatoms. The van der Waals surface area contributed by atoms with E-state index in [9.17, 15) is 18.3 Å². The second kappa shape index (κ2) is 3.96. The van der Waals surface area contributed by atoms with Gasteiger partial charge < -0.3 is 5.11 Å². The third-order valence-corrected chi connectivity index (χ3v) is 1.85. The second-order valence-electron chi connectivity index (χ2n) is 2.90. The SMILES string of the molecule is CCC(O)c1ccnc(C(F)(F)F)c1. The summed E-state index contributed by atoms with van der Waals surface area (Å²) in [5.74, 6) is 0. The molecule has 0 aliphatic rings. The molecule has 1 N–H and O–H groups in total. The van der Waals surface area contributed by atoms with Crippen molar-refractivity contribution in [3.63, 3.8) is 0 Å². The van der Waals surface area contributed by atoms with Gasteiger partial charge in [-0.1, -0.05) is 6.92 Å². The maximum Gasteiger partial charge on any atom is 0.433 e. The van der Waals surface area contributed by atoms with Gasteiger partial charge in [0.2, 0.25) is 0 Å². The van der Waals surface area contributed by atoms with E-state index in [1.165, 1.54) is 6.07 Å². The third-order valence-electron chi connectivity index (χ3n) is 1.85. The lowest BCUT2D eigenvalue weighted by atomic mass is 10.1. The Morgan fingerprint density at radius 2 is 2.14 bits per heavy atom. The molecule has 1 aromatic rings. The zero-order chi connectivity index (χ0) is 10.8. The molecule has 1 heterocycles. The van der Waals surface area contributed by atoms with Crippen LogP contribution in [0.2, 0.25) is 0 Å². The van der Waals surface area contributed by atoms with Crippen molar-refractivity contribution in [2.75, 3.05) is 0 Å². The number of aliphatic hydroxyl groups excluding tert-OH is 1. The van der Waals surface area contributed by atoms with Crippen LogP contribution >= 0.6 is 0 Å². The first-order valence-corrected chi connectivity index (χ1v) is 4.16. The Balaban J connectivity index is 3.01. The average molecular weight is 205 g/mol. The fraction of sp³-hybridized carbons (Fsp3) is 0.444. The van der Waals surface area contributed by atoms with Crippen LogP contribution in [0.5, 0.6) is 0 Å². The van der Waals surface area contributed by atoms with Crippen molar-refractivity contribution in [2.45, 2.75) is 25.6 Å². The van der Waals surface area contributed by atoms with E-state index in [0.29, 0.717) is 6.42 Å². The van der Waals surface area contributed by atoms with E-state index < -0.39 is 18.0 Å². The number of halogens is 3. The van der Waals surface area contributed by atoms with Crippen LogP contribution in [0.15, 0.2) is 18.3 Å². The molecule has 0 aliphatic heterocycles. The molecule has 0 aliphatic carbocycles. The van der Waals surface area contributed by atoms with Crippen molar-refractivity contribution in [1.82, 2.24) is 4.98 Å². The molecule has 0 bridgehead atoms. The first-order chi connectivity index (χ1) is 6.45. The van der Waals surface area contributed by atoms with Gasteiger partial charge in [0.15, 0.2) is 0 Å². The molecule has 1 atom stereocenters. The lowest BCUT2D eigenvalue weighted by Gasteiger charge is -2.10. The lowest BCUT2D eigenvalue weighted by Crippen LogP contribution is -2.09. The molecule has 0 spiro atoms. The van der Waals surface area contributed by atoms with Gasteiger partial charge >= 0.3 is 6.18 Å². The summed E-state index contributed by atoms with van der Waals surface area (Å²) in [5, 5.41) is 9.32. The molecule has 1 aromatic heterocycles. The molecule has 0 fully saturated rings. The number of hydrogen-bond donors (Lipinski definition) is 1. The monoisotopic (exact) mass is 205 g/mol. The molecule has 1 unspecified atom stereocenters. The van der Waals surface area contributed by atoms with Gasteiger partial charge in [-0.15, -0.1) is 0 Å². The molecule has 0 saturated heterocycles. The van der Waals surface area contributed by atoms with Gasteiger partial charge in [0, 0.05) is 6.20 Å². The van der Waals surface area contributed by atoms with Crippen LogP contribution < -0.4 is 0 Å². The maximum atomic E-state index is 12.2. The van der Waals surface area contributed by atoms with Crippen molar-refractivity contribution < 1.29 is 18.3 Å². The van der Waals surface area contributed by atoms with E-state index in [0.717, 1.165) is 12.3 Å². The summed E-state index contributed by atoms with van der Waals surface area (Å²) < 4.78 is 36.6. The lowest BCUT2D eigenvalue weighted by molar-refractivity contribution is -0.141. The van der Waals surface area contributed by atoms with Crippen molar-refractivity contribution in [3.05, 3.63) is 29.6 Å². The number of alkyl halides is 3. The van der Waals surface area contributed by atoms with Crippen molar-refractivity contribution >= 4 is 0 Å². The highest BCUT2D eigenvalue weighted by molar-refractivity contribution is 5.20. The zero-order valence-corrected chi connectivity index (χ0v) is 7.54. The molecule has 1 rings (SSSR count). The number of nitrogens with zero attached hydrogens (tertiary/aromatic N) is 1. The minimum absolute atomic E-state index is 0.245. The van der Waals surface area contributed by atoms with E-state index in [1.54, 1.807) is 6.92 Å². The largest absolute Gasteiger partial charge is 0.433 e. The molecule has 0 saturated carbocycles. The smallest absolute Gasteiger partial charge is 0.388 e. The Morgan fingerprint density at radius 3 is 2.64 bits per heavy atom. The Hall–Kier alpha value is -1.10. The fourth-order valence-electron chi connectivity index (χ4n) is 1.04. The summed E-state index contributed by atoms with van der Waals surface area (Å²) in [7, 11) is 0. The number of rotatable bonds is 2. The number of hydrogen-bond acceptors (Lipinski definition) is 2. The predicted molar refractivity (Wildman–Crippen MR) is 44.5 cm³/mol. The van der Waals surface area contributed by atoms with E-state index in [1.807, 2.05) is 0 Å². The number of aliphatic hydroxyl groups is 1. The molecule has 2 nitrogen and oxygen atoms in total. The normalized spacial score (nSPS) is 14.1. The predicted octanol–water partition coefficient (Wildman–Crippen LogP) is 2.54. The van der Waals surface area contributed by atoms with E-state index >= 15 is 0 Å². The Kier molecular flexibility index (Phi) is 3.10. The van der Waals surface area contributed by atoms with Crippen molar-refractivity contribution in [1.29, 1.82) is 0 Å². The summed E-state index contributed by atoms with van der Waals surface area (Å²) in [4.78, 5) is 3.19. The van der Waals surface area contributed by atoms with Crippen molar-refractivity contribution in [2.24, 2.45) is 0 Å². The van der Waals surface area contributed by atoms with Crippen LogP contribution in [0, 0.1) is 0 Å². The van der Waals surface area contributed by atoms with Crippen LogP contribution in [0.4, 0.5) is 13.2 Å². The van der Waals surface area contributed by atoms with Crippen LogP contribution in [-0.4, -0.2) is 10.1 Å². The van der Waals surface area contributed by atoms with Gasteiger partial charge in [0.25, 0.3) is 0 Å². The molecular weight excluding hydrogens is 195 g/mol. The summed E-state index contributed by atoms with van der Waals surface area (Å²) in [6.07, 6.45) is -3.89. The van der Waals surface area contributed by atoms with Crippen LogP contribution in [0.3, 0.4) is 0 Å². The third kappa shape index (κ3) is 2.45. The zero-order valence-electron chi connectivity index (χ0n) is 7.54. The molecular formula is C9H10F3NO. The first kappa shape index (κ1) is 11.0. The topological polar surface area (TPSA) is 33.1 Å². The Labute approximate surface area is 79.4 Å². The molecule has 0 amide bonds. The summed E-state index contributed by atoms with van der Waals surface area (Å²) in [5.41, 5.74) is -0.725. The second-order valence-corrected chi connectivity index (χ2v) is 2.90. The van der Waals surface area contributed by atoms with Gasteiger partial charge in [-0.3, -0.25) is 4.98 Å². The van der Waals surface area contributed by atoms with Crippen LogP contribution in [0.25, 0.3) is 0 Å². The fourth-order valence-corrected chi connectivity index (χ4v) is 1.04. The van der Waals surface area contributed by atoms with Crippen LogP contribution in [-0.2, 0) is 6.18 Å². The number of aromatic nitrogens is 1. The molecule has 78 valence electrons. The maximum absolute atomic E-state index is 12.2. The molecule has 14 heavy (non-hydrogen) atoms. The van der Waals surface area contributed by atoms with Gasteiger partial charge in [-0.2, -0.15) is 13.2 Å². The first-order valence-electron chi connectivity index (χ1n) is 4.16. The van der Waals surface area contributed by atoms with Crippen LogP contribution in [0.1, 0.15) is 30.7 Å². The number of pyridine rings is 1. The van der Waals surface area contributed by atoms with Gasteiger partial charge in [0.05, 0.1) is 6.10 Å². The van der Waals surface area contributed by atoms with E-state index in [-0.39, 0.29) is 5.56 Å². The standard InChI is InChI=1S/C9H10F3NO/c1-2-7(14)6-3-4-13-8(5-6)9(10,11)12/h3-5,7,14H,2H2,1H3. The quantitative estimate of drug-likeness (QED) is 0.804. The minimum Gasteiger partial charge on any atom is -0.388 e. The van der Waals surface area contributed by atoms with E-state index in [2.05, 4.69) is 4.98 Å². The van der Waals surface area contributed by atoms with Gasteiger partial charge in [-0.05, 0) is 24.1 Å². The summed E-state index contributed by atoms with van der Waals surface area (Å²) in [6.45, 7) is 1.69. The highest BCUT2D eigenvalue weighted by Crippen LogP contribution is 2.29. The highest BCUT2D eigenvalue weighted by atomic mass is 19.4. The molecule has 0 aromatic carbocycles. The van der Waals surface area contributed by atoms with Crippen molar-refractivity contribution in [3.8, 4) is 0 Å².